The molecule has 2 N–H and O–H groups in total. The molecule has 1 aliphatic heterocycles. The van der Waals surface area contributed by atoms with Gasteiger partial charge in [-0.05, 0) is 36.9 Å². The quantitative estimate of drug-likeness (QED) is 0.287. The number of benzene rings is 1. The number of non-ortho nitro benzene ring substituents is 1. The first-order valence-corrected chi connectivity index (χ1v) is 9.89. The van der Waals surface area contributed by atoms with E-state index in [4.69, 9.17) is 16.3 Å². The summed E-state index contributed by atoms with van der Waals surface area (Å²) < 4.78 is 5.49. The van der Waals surface area contributed by atoms with E-state index >= 15 is 0 Å². The third-order valence-electron chi connectivity index (χ3n) is 6.96. The Morgan fingerprint density at radius 2 is 1.87 bits per heavy atom. The fraction of sp³-hybridized carbons (Fsp3) is 0.550. The van der Waals surface area contributed by atoms with Gasteiger partial charge in [-0.2, -0.15) is 0 Å². The number of nitrogens with zero attached hydrogens (tertiary/aromatic N) is 1. The molecule has 2 aliphatic rings. The number of esters is 1. The van der Waals surface area contributed by atoms with Gasteiger partial charge in [-0.25, -0.2) is 0 Å². The lowest BCUT2D eigenvalue weighted by molar-refractivity contribution is -0.384. The van der Waals surface area contributed by atoms with Crippen LogP contribution < -0.4 is 5.32 Å². The summed E-state index contributed by atoms with van der Waals surface area (Å²) in [5, 5.41) is 22.8. The predicted octanol–water partition coefficient (Wildman–Crippen LogP) is 1.87. The first-order chi connectivity index (χ1) is 13.9. The molecule has 1 amide bonds. The number of rotatable bonds is 7. The predicted molar refractivity (Wildman–Crippen MR) is 106 cm³/mol. The Morgan fingerprint density at radius 1 is 1.27 bits per heavy atom. The van der Waals surface area contributed by atoms with Gasteiger partial charge in [-0.15, -0.1) is 0 Å². The number of aliphatic hydroxyl groups is 1. The molecule has 0 unspecified atom stereocenters. The molecule has 4 atom stereocenters. The molecule has 162 valence electrons. The third kappa shape index (κ3) is 3.16. The number of carbonyl (C=O) groups is 3. The van der Waals surface area contributed by atoms with Crippen LogP contribution in [0.2, 0.25) is 0 Å². The summed E-state index contributed by atoms with van der Waals surface area (Å²) in [6.45, 7) is 5.30. The van der Waals surface area contributed by atoms with Crippen LogP contribution in [0.15, 0.2) is 24.3 Å². The lowest BCUT2D eigenvalue weighted by Gasteiger charge is -2.36. The first kappa shape index (κ1) is 22.2. The van der Waals surface area contributed by atoms with E-state index in [1.54, 1.807) is 20.8 Å². The minimum Gasteiger partial charge on any atom is -0.448 e. The van der Waals surface area contributed by atoms with Crippen molar-refractivity contribution in [3.8, 4) is 0 Å². The molecule has 1 aromatic carbocycles. The van der Waals surface area contributed by atoms with E-state index in [9.17, 15) is 29.6 Å². The van der Waals surface area contributed by atoms with Gasteiger partial charge in [0.25, 0.3) is 11.6 Å². The number of hydrogen-bond donors (Lipinski definition) is 2. The molecule has 0 aromatic heterocycles. The molecule has 0 radical (unpaired) electrons. The van der Waals surface area contributed by atoms with Crippen molar-refractivity contribution in [2.75, 3.05) is 0 Å². The molecular formula is C20H23ClN2O7. The standard InChI is InChI=1S/C20H23ClN2O7/c1-18(2)19(3)8-9-20(18,30-17(19)27)16(26)22-14(15(21)25)13(24)10-11-4-6-12(7-5-11)23(28)29/h4-7,13-14,24H,8-10H2,1-3H3,(H,22,26)/t13-,14+,19-,20+/m0/s1. The first-order valence-electron chi connectivity index (χ1n) is 9.51. The number of aliphatic hydroxyl groups excluding tert-OH is 1. The minimum atomic E-state index is -1.45. The van der Waals surface area contributed by atoms with Gasteiger partial charge in [0, 0.05) is 24.0 Å². The van der Waals surface area contributed by atoms with Crippen LogP contribution >= 0.6 is 11.6 Å². The van der Waals surface area contributed by atoms with E-state index in [2.05, 4.69) is 5.32 Å². The molecule has 0 spiro atoms. The smallest absolute Gasteiger partial charge is 0.313 e. The fourth-order valence-electron chi connectivity index (χ4n) is 4.42. The number of amides is 1. The second-order valence-electron chi connectivity index (χ2n) is 8.62. The molecule has 9 nitrogen and oxygen atoms in total. The Morgan fingerprint density at radius 3 is 2.30 bits per heavy atom. The lowest BCUT2D eigenvalue weighted by atomic mass is 9.66. The van der Waals surface area contributed by atoms with Crippen molar-refractivity contribution in [2.45, 2.75) is 57.8 Å². The van der Waals surface area contributed by atoms with Gasteiger partial charge >= 0.3 is 5.97 Å². The molecule has 30 heavy (non-hydrogen) atoms. The zero-order valence-corrected chi connectivity index (χ0v) is 17.6. The van der Waals surface area contributed by atoms with Crippen molar-refractivity contribution < 1.29 is 29.2 Å². The van der Waals surface area contributed by atoms with E-state index in [1.165, 1.54) is 24.3 Å². The summed E-state index contributed by atoms with van der Waals surface area (Å²) in [6.07, 6.45) is -0.688. The highest BCUT2D eigenvalue weighted by atomic mass is 35.5. The molecule has 2 fully saturated rings. The summed E-state index contributed by atoms with van der Waals surface area (Å²) in [7, 11) is 0. The molecule has 1 heterocycles. The monoisotopic (exact) mass is 438 g/mol. The maximum atomic E-state index is 13.1. The highest BCUT2D eigenvalue weighted by Gasteiger charge is 2.75. The molecule has 1 saturated heterocycles. The van der Waals surface area contributed by atoms with Gasteiger partial charge in [-0.1, -0.05) is 26.0 Å². The van der Waals surface area contributed by atoms with E-state index < -0.39 is 50.6 Å². The summed E-state index contributed by atoms with van der Waals surface area (Å²) in [5.41, 5.74) is -2.67. The molecule has 1 saturated carbocycles. The molecule has 10 heteroatoms. The van der Waals surface area contributed by atoms with Gasteiger partial charge in [0.15, 0.2) is 5.60 Å². The van der Waals surface area contributed by atoms with Gasteiger partial charge in [0.1, 0.15) is 6.04 Å². The number of hydrogen-bond acceptors (Lipinski definition) is 7. The van der Waals surface area contributed by atoms with Crippen molar-refractivity contribution in [1.82, 2.24) is 5.32 Å². The number of ether oxygens (including phenoxy) is 1. The van der Waals surface area contributed by atoms with Crippen molar-refractivity contribution >= 4 is 34.4 Å². The average Bonchev–Trinajstić information content (AvgIpc) is 2.96. The van der Waals surface area contributed by atoms with Crippen LogP contribution in [0.4, 0.5) is 5.69 Å². The third-order valence-corrected chi connectivity index (χ3v) is 7.19. The van der Waals surface area contributed by atoms with E-state index in [0.717, 1.165) is 0 Å². The Bertz CT molecular complexity index is 916. The van der Waals surface area contributed by atoms with Gasteiger partial charge in [0.2, 0.25) is 5.24 Å². The van der Waals surface area contributed by atoms with Crippen molar-refractivity contribution in [3.05, 3.63) is 39.9 Å². The van der Waals surface area contributed by atoms with Crippen LogP contribution in [0.3, 0.4) is 0 Å². The summed E-state index contributed by atoms with van der Waals surface area (Å²) in [6, 6.07) is 4.00. The Labute approximate surface area is 177 Å². The molecule has 3 rings (SSSR count). The maximum Gasteiger partial charge on any atom is 0.313 e. The highest BCUT2D eigenvalue weighted by molar-refractivity contribution is 6.65. The number of carbonyl (C=O) groups excluding carboxylic acids is 3. The summed E-state index contributed by atoms with van der Waals surface area (Å²) in [5.74, 6) is -1.14. The van der Waals surface area contributed by atoms with Crippen LogP contribution in [0.1, 0.15) is 39.2 Å². The van der Waals surface area contributed by atoms with Crippen LogP contribution in [0.25, 0.3) is 0 Å². The number of nitro benzene ring substituents is 1. The van der Waals surface area contributed by atoms with Gasteiger partial charge in [0.05, 0.1) is 16.4 Å². The van der Waals surface area contributed by atoms with E-state index in [1.807, 2.05) is 0 Å². The normalized spacial score (nSPS) is 28.5. The zero-order chi connectivity index (χ0) is 22.5. The average molecular weight is 439 g/mol. The minimum absolute atomic E-state index is 0.0741. The lowest BCUT2D eigenvalue weighted by Crippen LogP contribution is -2.59. The SMILES string of the molecule is CC1(C)[C@@]2(C)CC[C@]1(C(=O)N[C@@H](C(=O)Cl)[C@@H](O)Cc1ccc([N+](=O)[O-])cc1)OC2=O. The zero-order valence-electron chi connectivity index (χ0n) is 16.8. The van der Waals surface area contributed by atoms with Crippen LogP contribution in [-0.4, -0.2) is 44.9 Å². The second kappa shape index (κ2) is 7.31. The van der Waals surface area contributed by atoms with Crippen molar-refractivity contribution in [3.63, 3.8) is 0 Å². The Balaban J connectivity index is 1.77. The second-order valence-corrected chi connectivity index (χ2v) is 9.00. The van der Waals surface area contributed by atoms with E-state index in [-0.39, 0.29) is 12.1 Å². The van der Waals surface area contributed by atoms with E-state index in [0.29, 0.717) is 18.4 Å². The molecule has 2 bridgehead atoms. The topological polar surface area (TPSA) is 136 Å². The summed E-state index contributed by atoms with van der Waals surface area (Å²) >= 11 is 5.64. The largest absolute Gasteiger partial charge is 0.448 e. The molecule has 1 aromatic rings. The summed E-state index contributed by atoms with van der Waals surface area (Å²) in [4.78, 5) is 47.6. The molecule has 1 aliphatic carbocycles. The van der Waals surface area contributed by atoms with Crippen LogP contribution in [0, 0.1) is 20.9 Å². The highest BCUT2D eigenvalue weighted by Crippen LogP contribution is 2.65. The van der Waals surface area contributed by atoms with Crippen LogP contribution in [0.5, 0.6) is 0 Å². The fourth-order valence-corrected chi connectivity index (χ4v) is 4.62. The van der Waals surface area contributed by atoms with Crippen molar-refractivity contribution in [2.24, 2.45) is 10.8 Å². The molecular weight excluding hydrogens is 416 g/mol. The maximum absolute atomic E-state index is 13.1. The van der Waals surface area contributed by atoms with Crippen LogP contribution in [-0.2, 0) is 25.5 Å². The Kier molecular flexibility index (Phi) is 5.41. The number of nitro groups is 1. The Hall–Kier alpha value is -2.52. The number of fused-ring (bicyclic) bond motifs is 2. The number of nitrogens with one attached hydrogen (secondary N) is 1. The van der Waals surface area contributed by atoms with Gasteiger partial charge in [-0.3, -0.25) is 24.5 Å². The van der Waals surface area contributed by atoms with Crippen molar-refractivity contribution in [1.29, 1.82) is 0 Å². The van der Waals surface area contributed by atoms with Gasteiger partial charge < -0.3 is 15.2 Å². The number of halogens is 1.